The smallest absolute Gasteiger partial charge is 0.338 e. The molecular formula is C21H21ClN2O4. The summed E-state index contributed by atoms with van der Waals surface area (Å²) in [6.45, 7) is 3.90. The zero-order chi connectivity index (χ0) is 20.1. The molecule has 1 aliphatic rings. The summed E-state index contributed by atoms with van der Waals surface area (Å²) < 4.78 is 11.2. The molecule has 0 fully saturated rings. The lowest BCUT2D eigenvalue weighted by Crippen LogP contribution is -2.45. The summed E-state index contributed by atoms with van der Waals surface area (Å²) in [4.78, 5) is 24.6. The first-order chi connectivity index (χ1) is 13.5. The van der Waals surface area contributed by atoms with Crippen molar-refractivity contribution in [2.24, 2.45) is 0 Å². The van der Waals surface area contributed by atoms with Crippen LogP contribution in [-0.4, -0.2) is 18.6 Å². The average Bonchev–Trinajstić information content (AvgIpc) is 2.67. The fourth-order valence-electron chi connectivity index (χ4n) is 3.03. The van der Waals surface area contributed by atoms with Crippen molar-refractivity contribution < 1.29 is 19.1 Å². The Kier molecular flexibility index (Phi) is 6.21. The Bertz CT molecular complexity index is 926. The Morgan fingerprint density at radius 1 is 1.14 bits per heavy atom. The molecule has 0 saturated heterocycles. The van der Waals surface area contributed by atoms with E-state index >= 15 is 0 Å². The molecule has 2 aromatic rings. The van der Waals surface area contributed by atoms with Gasteiger partial charge in [0.1, 0.15) is 12.4 Å². The van der Waals surface area contributed by atoms with E-state index in [1.54, 1.807) is 26.0 Å². The molecule has 0 radical (unpaired) electrons. The van der Waals surface area contributed by atoms with Crippen LogP contribution in [0.15, 0.2) is 59.8 Å². The molecule has 3 rings (SSSR count). The third-order valence-corrected chi connectivity index (χ3v) is 4.70. The molecule has 0 spiro atoms. The van der Waals surface area contributed by atoms with Crippen LogP contribution in [0.5, 0.6) is 5.75 Å². The van der Waals surface area contributed by atoms with Crippen molar-refractivity contribution in [3.63, 3.8) is 0 Å². The van der Waals surface area contributed by atoms with Gasteiger partial charge in [0.05, 0.1) is 18.2 Å². The van der Waals surface area contributed by atoms with Crippen LogP contribution in [0.4, 0.5) is 4.79 Å². The number of halogens is 1. The first-order valence-electron chi connectivity index (χ1n) is 8.91. The number of esters is 1. The molecule has 6 nitrogen and oxygen atoms in total. The minimum Gasteiger partial charge on any atom is -0.488 e. The number of hydrogen-bond donors (Lipinski definition) is 2. The second-order valence-corrected chi connectivity index (χ2v) is 6.62. The topological polar surface area (TPSA) is 76.7 Å². The standard InChI is InChI=1S/C21H21ClN2O4/c1-3-27-20(25)18-13(2)23-21(26)24-19(18)15-9-5-7-11-17(15)28-12-14-8-4-6-10-16(14)22/h4-11,19H,3,12H2,1-2H3,(H2,23,24,26)/t19-/m1/s1. The number of para-hydroxylation sites is 1. The molecule has 1 aliphatic heterocycles. The third kappa shape index (κ3) is 4.28. The van der Waals surface area contributed by atoms with E-state index in [4.69, 9.17) is 21.1 Å². The van der Waals surface area contributed by atoms with E-state index in [2.05, 4.69) is 10.6 Å². The Morgan fingerprint density at radius 2 is 1.86 bits per heavy atom. The highest BCUT2D eigenvalue weighted by Crippen LogP contribution is 2.34. The quantitative estimate of drug-likeness (QED) is 0.715. The fourth-order valence-corrected chi connectivity index (χ4v) is 3.22. The molecule has 0 aliphatic carbocycles. The van der Waals surface area contributed by atoms with Crippen molar-refractivity contribution in [1.82, 2.24) is 10.6 Å². The summed E-state index contributed by atoms with van der Waals surface area (Å²) in [6, 6.07) is 13.6. The maximum absolute atomic E-state index is 12.5. The summed E-state index contributed by atoms with van der Waals surface area (Å²) in [7, 11) is 0. The fraction of sp³-hybridized carbons (Fsp3) is 0.238. The Labute approximate surface area is 168 Å². The van der Waals surface area contributed by atoms with Crippen LogP contribution in [0.1, 0.15) is 31.0 Å². The number of benzene rings is 2. The normalized spacial score (nSPS) is 16.2. The van der Waals surface area contributed by atoms with Gasteiger partial charge in [-0.3, -0.25) is 0 Å². The highest BCUT2D eigenvalue weighted by atomic mass is 35.5. The Balaban J connectivity index is 1.93. The van der Waals surface area contributed by atoms with Crippen molar-refractivity contribution in [1.29, 1.82) is 0 Å². The number of amides is 2. The van der Waals surface area contributed by atoms with Crippen LogP contribution in [0.25, 0.3) is 0 Å². The van der Waals surface area contributed by atoms with Gasteiger partial charge in [0.2, 0.25) is 0 Å². The van der Waals surface area contributed by atoms with Crippen LogP contribution in [0, 0.1) is 0 Å². The number of urea groups is 1. The highest BCUT2D eigenvalue weighted by Gasteiger charge is 2.33. The molecule has 28 heavy (non-hydrogen) atoms. The van der Waals surface area contributed by atoms with Crippen molar-refractivity contribution in [2.45, 2.75) is 26.5 Å². The number of carbonyl (C=O) groups excluding carboxylic acids is 2. The van der Waals surface area contributed by atoms with Crippen LogP contribution >= 0.6 is 11.6 Å². The molecule has 7 heteroatoms. The zero-order valence-corrected chi connectivity index (χ0v) is 16.4. The summed E-state index contributed by atoms with van der Waals surface area (Å²) in [5, 5.41) is 6.02. The maximum Gasteiger partial charge on any atom is 0.338 e. The third-order valence-electron chi connectivity index (χ3n) is 4.34. The van der Waals surface area contributed by atoms with Crippen LogP contribution in [0.2, 0.25) is 5.02 Å². The minimum absolute atomic E-state index is 0.237. The van der Waals surface area contributed by atoms with Gasteiger partial charge in [-0.15, -0.1) is 0 Å². The number of nitrogens with one attached hydrogen (secondary N) is 2. The number of allylic oxidation sites excluding steroid dienone is 1. The van der Waals surface area contributed by atoms with Crippen molar-refractivity contribution in [2.75, 3.05) is 6.61 Å². The predicted molar refractivity (Wildman–Crippen MR) is 106 cm³/mol. The highest BCUT2D eigenvalue weighted by molar-refractivity contribution is 6.31. The summed E-state index contributed by atoms with van der Waals surface area (Å²) in [5.74, 6) is 0.0580. The van der Waals surface area contributed by atoms with E-state index in [1.807, 2.05) is 36.4 Å². The largest absolute Gasteiger partial charge is 0.488 e. The van der Waals surface area contributed by atoms with Gasteiger partial charge in [-0.05, 0) is 26.0 Å². The number of rotatable bonds is 6. The van der Waals surface area contributed by atoms with E-state index in [0.29, 0.717) is 27.6 Å². The second-order valence-electron chi connectivity index (χ2n) is 6.21. The van der Waals surface area contributed by atoms with Crippen LogP contribution in [-0.2, 0) is 16.1 Å². The molecular weight excluding hydrogens is 380 g/mol. The van der Waals surface area contributed by atoms with E-state index in [0.717, 1.165) is 5.56 Å². The second kappa shape index (κ2) is 8.80. The van der Waals surface area contributed by atoms with E-state index in [-0.39, 0.29) is 13.2 Å². The lowest BCUT2D eigenvalue weighted by Gasteiger charge is -2.29. The molecule has 0 aromatic heterocycles. The molecule has 0 saturated carbocycles. The molecule has 1 heterocycles. The molecule has 1 atom stereocenters. The number of hydrogen-bond acceptors (Lipinski definition) is 4. The first kappa shape index (κ1) is 19.8. The lowest BCUT2D eigenvalue weighted by atomic mass is 9.95. The molecule has 2 amide bonds. The lowest BCUT2D eigenvalue weighted by molar-refractivity contribution is -0.139. The minimum atomic E-state index is -0.685. The van der Waals surface area contributed by atoms with Gasteiger partial charge in [0.15, 0.2) is 0 Å². The monoisotopic (exact) mass is 400 g/mol. The molecule has 146 valence electrons. The SMILES string of the molecule is CCOC(=O)C1=C(C)NC(=O)N[C@@H]1c1ccccc1OCc1ccccc1Cl. The Hall–Kier alpha value is -2.99. The van der Waals surface area contributed by atoms with E-state index < -0.39 is 18.0 Å². The number of carbonyl (C=O) groups is 2. The van der Waals surface area contributed by atoms with Crippen molar-refractivity contribution in [3.8, 4) is 5.75 Å². The summed E-state index contributed by atoms with van der Waals surface area (Å²) in [5.41, 5.74) is 2.29. The van der Waals surface area contributed by atoms with E-state index in [1.165, 1.54) is 0 Å². The zero-order valence-electron chi connectivity index (χ0n) is 15.6. The predicted octanol–water partition coefficient (Wildman–Crippen LogP) is 4.11. The van der Waals surface area contributed by atoms with Crippen LogP contribution < -0.4 is 15.4 Å². The molecule has 0 bridgehead atoms. The van der Waals surface area contributed by atoms with Gasteiger partial charge in [0, 0.05) is 21.8 Å². The van der Waals surface area contributed by atoms with Gasteiger partial charge in [0.25, 0.3) is 0 Å². The van der Waals surface area contributed by atoms with Gasteiger partial charge in [-0.25, -0.2) is 9.59 Å². The van der Waals surface area contributed by atoms with Gasteiger partial charge in [-0.2, -0.15) is 0 Å². The van der Waals surface area contributed by atoms with Gasteiger partial charge >= 0.3 is 12.0 Å². The first-order valence-corrected chi connectivity index (χ1v) is 9.29. The van der Waals surface area contributed by atoms with Gasteiger partial charge < -0.3 is 20.1 Å². The summed E-state index contributed by atoms with van der Waals surface area (Å²) >= 11 is 6.20. The molecule has 0 unspecified atom stereocenters. The average molecular weight is 401 g/mol. The van der Waals surface area contributed by atoms with Crippen molar-refractivity contribution in [3.05, 3.63) is 76.0 Å². The molecule has 2 aromatic carbocycles. The Morgan fingerprint density at radius 3 is 2.61 bits per heavy atom. The van der Waals surface area contributed by atoms with Crippen LogP contribution in [0.3, 0.4) is 0 Å². The maximum atomic E-state index is 12.5. The summed E-state index contributed by atoms with van der Waals surface area (Å²) in [6.07, 6.45) is 0. The number of ether oxygens (including phenoxy) is 2. The molecule has 2 N–H and O–H groups in total. The van der Waals surface area contributed by atoms with Gasteiger partial charge in [-0.1, -0.05) is 48.0 Å². The van der Waals surface area contributed by atoms with Crippen molar-refractivity contribution >= 4 is 23.6 Å². The van der Waals surface area contributed by atoms with E-state index in [9.17, 15) is 9.59 Å².